The summed E-state index contributed by atoms with van der Waals surface area (Å²) in [6, 6.07) is 0.401. The number of rotatable bonds is 2. The maximum absolute atomic E-state index is 8.97. The lowest BCUT2D eigenvalue weighted by Gasteiger charge is -2.31. The van der Waals surface area contributed by atoms with Gasteiger partial charge in [0.25, 0.3) is 0 Å². The van der Waals surface area contributed by atoms with Crippen LogP contribution in [0.3, 0.4) is 0 Å². The molecule has 0 aromatic carbocycles. The van der Waals surface area contributed by atoms with Gasteiger partial charge in [0.2, 0.25) is 5.13 Å². The van der Waals surface area contributed by atoms with Crippen molar-refractivity contribution in [3.63, 3.8) is 0 Å². The SMILES string of the molecule is OC1CC(Nc2ncns2)C1. The van der Waals surface area contributed by atoms with Crippen LogP contribution in [-0.2, 0) is 0 Å². The predicted octanol–water partition coefficient (Wildman–Crippen LogP) is 0.473. The predicted molar refractivity (Wildman–Crippen MR) is 42.6 cm³/mol. The summed E-state index contributed by atoms with van der Waals surface area (Å²) in [6.07, 6.45) is 3.08. The van der Waals surface area contributed by atoms with Crippen LogP contribution in [0.4, 0.5) is 5.13 Å². The molecule has 1 aliphatic carbocycles. The molecule has 4 nitrogen and oxygen atoms in total. The number of nitrogens with one attached hydrogen (secondary N) is 1. The molecule has 1 saturated carbocycles. The highest BCUT2D eigenvalue weighted by Crippen LogP contribution is 2.23. The highest BCUT2D eigenvalue weighted by atomic mass is 32.1. The molecule has 2 rings (SSSR count). The zero-order valence-electron chi connectivity index (χ0n) is 5.90. The van der Waals surface area contributed by atoms with Crippen molar-refractivity contribution in [1.82, 2.24) is 9.36 Å². The molecular weight excluding hydrogens is 162 g/mol. The van der Waals surface area contributed by atoms with E-state index in [9.17, 15) is 0 Å². The minimum atomic E-state index is -0.111. The average molecular weight is 171 g/mol. The summed E-state index contributed by atoms with van der Waals surface area (Å²) in [7, 11) is 0. The Hall–Kier alpha value is -0.680. The van der Waals surface area contributed by atoms with E-state index >= 15 is 0 Å². The molecule has 0 amide bonds. The summed E-state index contributed by atoms with van der Waals surface area (Å²) in [6.45, 7) is 0. The Balaban J connectivity index is 1.84. The third-order valence-electron chi connectivity index (χ3n) is 1.80. The topological polar surface area (TPSA) is 58.0 Å². The maximum atomic E-state index is 8.97. The van der Waals surface area contributed by atoms with E-state index in [-0.39, 0.29) is 6.10 Å². The Kier molecular flexibility index (Phi) is 1.75. The van der Waals surface area contributed by atoms with E-state index in [2.05, 4.69) is 14.7 Å². The van der Waals surface area contributed by atoms with Crippen LogP contribution in [0, 0.1) is 0 Å². The van der Waals surface area contributed by atoms with Gasteiger partial charge in [-0.05, 0) is 12.8 Å². The van der Waals surface area contributed by atoms with Crippen molar-refractivity contribution in [1.29, 1.82) is 0 Å². The molecule has 1 aromatic rings. The second kappa shape index (κ2) is 2.75. The molecule has 0 atom stereocenters. The largest absolute Gasteiger partial charge is 0.393 e. The van der Waals surface area contributed by atoms with E-state index < -0.39 is 0 Å². The molecule has 11 heavy (non-hydrogen) atoms. The number of hydrogen-bond acceptors (Lipinski definition) is 5. The van der Waals surface area contributed by atoms with Crippen LogP contribution in [-0.4, -0.2) is 26.6 Å². The number of aliphatic hydroxyl groups excluding tert-OH is 1. The van der Waals surface area contributed by atoms with Gasteiger partial charge in [0.05, 0.1) is 6.10 Å². The number of anilines is 1. The van der Waals surface area contributed by atoms with Crippen molar-refractivity contribution in [2.45, 2.75) is 25.0 Å². The maximum Gasteiger partial charge on any atom is 0.202 e. The zero-order valence-corrected chi connectivity index (χ0v) is 6.71. The molecule has 0 saturated heterocycles. The molecule has 1 aromatic heterocycles. The van der Waals surface area contributed by atoms with Gasteiger partial charge >= 0.3 is 0 Å². The molecule has 2 N–H and O–H groups in total. The van der Waals surface area contributed by atoms with Gasteiger partial charge in [0, 0.05) is 17.6 Å². The normalized spacial score (nSPS) is 29.5. The molecule has 0 aliphatic heterocycles. The number of aromatic nitrogens is 2. The summed E-state index contributed by atoms with van der Waals surface area (Å²) in [4.78, 5) is 3.98. The lowest BCUT2D eigenvalue weighted by molar-refractivity contribution is 0.0836. The van der Waals surface area contributed by atoms with E-state index in [0.717, 1.165) is 18.0 Å². The lowest BCUT2D eigenvalue weighted by atomic mass is 9.90. The van der Waals surface area contributed by atoms with Gasteiger partial charge < -0.3 is 10.4 Å². The molecule has 0 unspecified atom stereocenters. The van der Waals surface area contributed by atoms with E-state index in [1.54, 1.807) is 0 Å². The summed E-state index contributed by atoms with van der Waals surface area (Å²) < 4.78 is 3.86. The number of nitrogens with zero attached hydrogens (tertiary/aromatic N) is 2. The van der Waals surface area contributed by atoms with Crippen LogP contribution in [0.5, 0.6) is 0 Å². The molecule has 0 spiro atoms. The van der Waals surface area contributed by atoms with Crippen molar-refractivity contribution in [2.24, 2.45) is 0 Å². The standard InChI is InChI=1S/C6H9N3OS/c10-5-1-4(2-5)9-6-7-3-8-11-6/h3-5,10H,1-2H2,(H,7,8,9). The highest BCUT2D eigenvalue weighted by molar-refractivity contribution is 7.09. The summed E-state index contributed by atoms with van der Waals surface area (Å²) in [5, 5.41) is 13.0. The molecule has 0 bridgehead atoms. The minimum Gasteiger partial charge on any atom is -0.393 e. The van der Waals surface area contributed by atoms with Gasteiger partial charge in [-0.2, -0.15) is 4.37 Å². The van der Waals surface area contributed by atoms with Crippen LogP contribution in [0.2, 0.25) is 0 Å². The molecule has 60 valence electrons. The fourth-order valence-electron chi connectivity index (χ4n) is 1.12. The first-order valence-electron chi connectivity index (χ1n) is 3.56. The van der Waals surface area contributed by atoms with Gasteiger partial charge in [0.1, 0.15) is 6.33 Å². The Morgan fingerprint density at radius 1 is 1.64 bits per heavy atom. The van der Waals surface area contributed by atoms with E-state index in [1.165, 1.54) is 17.9 Å². The minimum absolute atomic E-state index is 0.111. The summed E-state index contributed by atoms with van der Waals surface area (Å²) >= 11 is 1.35. The van der Waals surface area contributed by atoms with Gasteiger partial charge in [-0.3, -0.25) is 0 Å². The summed E-state index contributed by atoms with van der Waals surface area (Å²) in [5.74, 6) is 0. The van der Waals surface area contributed by atoms with Crippen LogP contribution < -0.4 is 5.32 Å². The fraction of sp³-hybridized carbons (Fsp3) is 0.667. The van der Waals surface area contributed by atoms with Crippen molar-refractivity contribution < 1.29 is 5.11 Å². The monoisotopic (exact) mass is 171 g/mol. The molecule has 1 aliphatic rings. The second-order valence-corrected chi connectivity index (χ2v) is 3.49. The van der Waals surface area contributed by atoms with Gasteiger partial charge in [-0.1, -0.05) is 0 Å². The van der Waals surface area contributed by atoms with Gasteiger partial charge in [-0.15, -0.1) is 0 Å². The third-order valence-corrected chi connectivity index (χ3v) is 2.40. The first-order valence-corrected chi connectivity index (χ1v) is 4.33. The fourth-order valence-corrected chi connectivity index (χ4v) is 1.62. The van der Waals surface area contributed by atoms with Crippen molar-refractivity contribution in [3.05, 3.63) is 6.33 Å². The first-order chi connectivity index (χ1) is 5.34. The van der Waals surface area contributed by atoms with Crippen molar-refractivity contribution in [2.75, 3.05) is 5.32 Å². The van der Waals surface area contributed by atoms with Crippen LogP contribution in [0.1, 0.15) is 12.8 Å². The Morgan fingerprint density at radius 2 is 2.45 bits per heavy atom. The number of aliphatic hydroxyl groups is 1. The van der Waals surface area contributed by atoms with Gasteiger partial charge in [-0.25, -0.2) is 4.98 Å². The second-order valence-electron chi connectivity index (χ2n) is 2.71. The summed E-state index contributed by atoms with van der Waals surface area (Å²) in [5.41, 5.74) is 0. The highest BCUT2D eigenvalue weighted by Gasteiger charge is 2.27. The third kappa shape index (κ3) is 1.49. The van der Waals surface area contributed by atoms with E-state index in [1.807, 2.05) is 0 Å². The Labute approximate surface area is 68.5 Å². The molecule has 1 heterocycles. The van der Waals surface area contributed by atoms with Crippen molar-refractivity contribution in [3.8, 4) is 0 Å². The molecular formula is C6H9N3OS. The van der Waals surface area contributed by atoms with Crippen LogP contribution >= 0.6 is 11.5 Å². The van der Waals surface area contributed by atoms with E-state index in [4.69, 9.17) is 5.11 Å². The smallest absolute Gasteiger partial charge is 0.202 e. The zero-order chi connectivity index (χ0) is 7.68. The quantitative estimate of drug-likeness (QED) is 0.679. The lowest BCUT2D eigenvalue weighted by Crippen LogP contribution is -2.38. The van der Waals surface area contributed by atoms with Gasteiger partial charge in [0.15, 0.2) is 0 Å². The van der Waals surface area contributed by atoms with Crippen molar-refractivity contribution >= 4 is 16.7 Å². The molecule has 0 radical (unpaired) electrons. The average Bonchev–Trinajstić information content (AvgIpc) is 2.36. The van der Waals surface area contributed by atoms with Crippen LogP contribution in [0.15, 0.2) is 6.33 Å². The van der Waals surface area contributed by atoms with E-state index in [0.29, 0.717) is 6.04 Å². The number of hydrogen-bond donors (Lipinski definition) is 2. The van der Waals surface area contributed by atoms with Crippen LogP contribution in [0.25, 0.3) is 0 Å². The molecule has 1 fully saturated rings. The Bertz CT molecular complexity index is 220. The molecule has 5 heteroatoms. The first kappa shape index (κ1) is 7.00. The Morgan fingerprint density at radius 3 is 3.00 bits per heavy atom.